The lowest BCUT2D eigenvalue weighted by Gasteiger charge is -2.00. The van der Waals surface area contributed by atoms with E-state index in [0.717, 1.165) is 16.7 Å². The average molecular weight is 316 g/mol. The van der Waals surface area contributed by atoms with Gasteiger partial charge >= 0.3 is 5.69 Å². The predicted octanol–water partition coefficient (Wildman–Crippen LogP) is 1.30. The van der Waals surface area contributed by atoms with Crippen molar-refractivity contribution in [3.8, 4) is 0 Å². The molecule has 3 rings (SSSR count). The van der Waals surface area contributed by atoms with Crippen LogP contribution in [0, 0.1) is 0 Å². The Bertz CT molecular complexity index is 924. The molecule has 1 aromatic carbocycles. The van der Waals surface area contributed by atoms with E-state index in [2.05, 4.69) is 22.1 Å². The highest BCUT2D eigenvalue weighted by Gasteiger charge is 2.13. The number of nitrogens with one attached hydrogen (secondary N) is 1. The number of aryl methyl sites for hydroxylation is 2. The molecule has 0 aliphatic rings. The Balaban J connectivity index is 1.84. The zero-order valence-corrected chi connectivity index (χ0v) is 13.2. The van der Waals surface area contributed by atoms with E-state index < -0.39 is 0 Å². The van der Waals surface area contributed by atoms with Crippen LogP contribution in [0.4, 0.5) is 0 Å². The number of H-pyrrole nitrogens is 1. The summed E-state index contributed by atoms with van der Waals surface area (Å²) in [4.78, 5) is 31.3. The van der Waals surface area contributed by atoms with Crippen molar-refractivity contribution in [3.63, 3.8) is 0 Å². The van der Waals surface area contributed by atoms with Crippen LogP contribution in [0.5, 0.6) is 0 Å². The lowest BCUT2D eigenvalue weighted by molar-refractivity contribution is 0.708. The fourth-order valence-electron chi connectivity index (χ4n) is 2.28. The molecule has 0 saturated carbocycles. The van der Waals surface area contributed by atoms with Gasteiger partial charge in [0.1, 0.15) is 0 Å². The van der Waals surface area contributed by atoms with Crippen molar-refractivity contribution in [1.82, 2.24) is 19.1 Å². The molecule has 0 radical (unpaired) electrons. The van der Waals surface area contributed by atoms with Gasteiger partial charge in [0.05, 0.1) is 0 Å². The Morgan fingerprint density at radius 2 is 1.86 bits per heavy atom. The largest absolute Gasteiger partial charge is 0.332 e. The summed E-state index contributed by atoms with van der Waals surface area (Å²) in [5.41, 5.74) is 1.31. The number of benzene rings is 1. The minimum atomic E-state index is -0.371. The SMILES string of the molecule is Cn1c(=O)c2[nH]c(SCCc3ccccc3)nc2n(C)c1=O. The zero-order chi connectivity index (χ0) is 15.7. The van der Waals surface area contributed by atoms with Gasteiger partial charge in [-0.25, -0.2) is 9.78 Å². The first-order valence-electron chi connectivity index (χ1n) is 6.90. The highest BCUT2D eigenvalue weighted by molar-refractivity contribution is 7.99. The fourth-order valence-corrected chi connectivity index (χ4v) is 3.14. The van der Waals surface area contributed by atoms with Crippen LogP contribution < -0.4 is 11.2 Å². The third-order valence-corrected chi connectivity index (χ3v) is 4.42. The van der Waals surface area contributed by atoms with Gasteiger partial charge in [-0.1, -0.05) is 42.1 Å². The number of hydrogen-bond donors (Lipinski definition) is 1. The molecule has 0 amide bonds. The molecular formula is C15H16N4O2S. The van der Waals surface area contributed by atoms with Crippen LogP contribution in [-0.2, 0) is 20.5 Å². The zero-order valence-electron chi connectivity index (χ0n) is 12.4. The van der Waals surface area contributed by atoms with E-state index in [-0.39, 0.29) is 11.2 Å². The first-order valence-corrected chi connectivity index (χ1v) is 7.89. The van der Waals surface area contributed by atoms with Crippen molar-refractivity contribution >= 4 is 22.9 Å². The van der Waals surface area contributed by atoms with Crippen molar-refractivity contribution in [3.05, 3.63) is 56.7 Å². The van der Waals surface area contributed by atoms with E-state index in [1.807, 2.05) is 18.2 Å². The topological polar surface area (TPSA) is 72.7 Å². The third kappa shape index (κ3) is 2.59. The normalized spacial score (nSPS) is 11.2. The van der Waals surface area contributed by atoms with Crippen LogP contribution in [0.2, 0.25) is 0 Å². The highest BCUT2D eigenvalue weighted by atomic mass is 32.2. The number of hydrogen-bond acceptors (Lipinski definition) is 4. The molecule has 0 bridgehead atoms. The molecule has 1 N–H and O–H groups in total. The summed E-state index contributed by atoms with van der Waals surface area (Å²) in [6, 6.07) is 10.2. The summed E-state index contributed by atoms with van der Waals surface area (Å²) in [6.45, 7) is 0. The smallest absolute Gasteiger partial charge is 0.327 e. The van der Waals surface area contributed by atoms with E-state index in [1.54, 1.807) is 7.05 Å². The van der Waals surface area contributed by atoms with Crippen molar-refractivity contribution in [2.24, 2.45) is 14.1 Å². The highest BCUT2D eigenvalue weighted by Crippen LogP contribution is 2.17. The first-order chi connectivity index (χ1) is 10.6. The lowest BCUT2D eigenvalue weighted by Crippen LogP contribution is -2.36. The van der Waals surface area contributed by atoms with E-state index in [1.165, 1.54) is 28.9 Å². The summed E-state index contributed by atoms with van der Waals surface area (Å²) >= 11 is 1.54. The van der Waals surface area contributed by atoms with Gasteiger partial charge in [0.25, 0.3) is 5.56 Å². The summed E-state index contributed by atoms with van der Waals surface area (Å²) in [5.74, 6) is 0.845. The second-order valence-electron chi connectivity index (χ2n) is 5.03. The van der Waals surface area contributed by atoms with Gasteiger partial charge in [-0.15, -0.1) is 0 Å². The molecular weight excluding hydrogens is 300 g/mol. The number of aromatic amines is 1. The standard InChI is InChI=1S/C15H16N4O2S/c1-18-12-11(13(20)19(2)15(18)21)16-14(17-12)22-9-8-10-6-4-3-5-7-10/h3-7H,8-9H2,1-2H3,(H,16,17). The Morgan fingerprint density at radius 3 is 2.59 bits per heavy atom. The number of thioether (sulfide) groups is 1. The van der Waals surface area contributed by atoms with E-state index in [0.29, 0.717) is 16.3 Å². The molecule has 114 valence electrons. The Hall–Kier alpha value is -2.28. The molecule has 0 atom stereocenters. The number of aromatic nitrogens is 4. The molecule has 0 spiro atoms. The van der Waals surface area contributed by atoms with Crippen molar-refractivity contribution in [2.45, 2.75) is 11.6 Å². The maximum atomic E-state index is 12.1. The van der Waals surface area contributed by atoms with Crippen LogP contribution in [0.25, 0.3) is 11.2 Å². The maximum Gasteiger partial charge on any atom is 0.332 e. The number of rotatable bonds is 4. The van der Waals surface area contributed by atoms with Gasteiger partial charge in [0.15, 0.2) is 16.3 Å². The van der Waals surface area contributed by atoms with E-state index in [4.69, 9.17) is 0 Å². The number of imidazole rings is 1. The quantitative estimate of drug-likeness (QED) is 0.736. The van der Waals surface area contributed by atoms with Crippen molar-refractivity contribution in [1.29, 1.82) is 0 Å². The molecule has 0 saturated heterocycles. The summed E-state index contributed by atoms with van der Waals surface area (Å²) in [6.07, 6.45) is 0.916. The van der Waals surface area contributed by atoms with E-state index in [9.17, 15) is 9.59 Å². The molecule has 3 aromatic rings. The molecule has 6 nitrogen and oxygen atoms in total. The van der Waals surface area contributed by atoms with Gasteiger partial charge in [0.2, 0.25) is 0 Å². The summed E-state index contributed by atoms with van der Waals surface area (Å²) in [5, 5.41) is 0.657. The molecule has 0 aliphatic carbocycles. The number of nitrogens with zero attached hydrogens (tertiary/aromatic N) is 3. The Kier molecular flexibility index (Phi) is 3.89. The van der Waals surface area contributed by atoms with Gasteiger partial charge in [-0.2, -0.15) is 0 Å². The van der Waals surface area contributed by atoms with Crippen LogP contribution in [0.1, 0.15) is 5.56 Å². The Morgan fingerprint density at radius 1 is 1.14 bits per heavy atom. The minimum absolute atomic E-state index is 0.347. The van der Waals surface area contributed by atoms with Crippen LogP contribution in [0.15, 0.2) is 45.1 Å². The average Bonchev–Trinajstić information content (AvgIpc) is 2.96. The molecule has 7 heteroatoms. The Labute approximate surface area is 130 Å². The lowest BCUT2D eigenvalue weighted by atomic mass is 10.2. The molecule has 2 heterocycles. The molecule has 2 aromatic heterocycles. The monoisotopic (exact) mass is 316 g/mol. The first kappa shape index (κ1) is 14.6. The molecule has 0 aliphatic heterocycles. The predicted molar refractivity (Wildman–Crippen MR) is 87.4 cm³/mol. The second kappa shape index (κ2) is 5.84. The van der Waals surface area contributed by atoms with Gasteiger partial charge in [0, 0.05) is 19.8 Å². The van der Waals surface area contributed by atoms with Crippen LogP contribution in [0.3, 0.4) is 0 Å². The fraction of sp³-hybridized carbons (Fsp3) is 0.267. The second-order valence-corrected chi connectivity index (χ2v) is 6.11. The van der Waals surface area contributed by atoms with E-state index >= 15 is 0 Å². The van der Waals surface area contributed by atoms with Crippen molar-refractivity contribution < 1.29 is 0 Å². The van der Waals surface area contributed by atoms with Crippen molar-refractivity contribution in [2.75, 3.05) is 5.75 Å². The maximum absolute atomic E-state index is 12.1. The van der Waals surface area contributed by atoms with Gasteiger partial charge in [-0.3, -0.25) is 13.9 Å². The molecule has 0 fully saturated rings. The molecule has 0 unspecified atom stereocenters. The third-order valence-electron chi connectivity index (χ3n) is 3.55. The minimum Gasteiger partial charge on any atom is -0.327 e. The van der Waals surface area contributed by atoms with Crippen LogP contribution in [-0.4, -0.2) is 24.9 Å². The molecule has 22 heavy (non-hydrogen) atoms. The van der Waals surface area contributed by atoms with Gasteiger partial charge < -0.3 is 4.98 Å². The summed E-state index contributed by atoms with van der Waals surface area (Å²) in [7, 11) is 3.08. The van der Waals surface area contributed by atoms with Gasteiger partial charge in [-0.05, 0) is 12.0 Å². The summed E-state index contributed by atoms with van der Waals surface area (Å²) < 4.78 is 2.47. The van der Waals surface area contributed by atoms with Crippen LogP contribution >= 0.6 is 11.8 Å². The number of fused-ring (bicyclic) bond motifs is 1.